The predicted molar refractivity (Wildman–Crippen MR) is 94.7 cm³/mol. The highest BCUT2D eigenvalue weighted by molar-refractivity contribution is 5.39. The Kier molecular flexibility index (Phi) is 6.79. The zero-order valence-corrected chi connectivity index (χ0v) is 13.9. The van der Waals surface area contributed by atoms with Crippen molar-refractivity contribution in [3.8, 4) is 23.0 Å². The van der Waals surface area contributed by atoms with Crippen molar-refractivity contribution in [3.63, 3.8) is 0 Å². The molecule has 2 aromatic rings. The molecule has 0 unspecified atom stereocenters. The van der Waals surface area contributed by atoms with E-state index in [-0.39, 0.29) is 23.0 Å². The quantitative estimate of drug-likeness (QED) is 0.505. The fraction of sp³-hybridized carbons (Fsp3) is 0.400. The van der Waals surface area contributed by atoms with E-state index in [1.807, 2.05) is 0 Å². The summed E-state index contributed by atoms with van der Waals surface area (Å²) in [6.07, 6.45) is 8.24. The molecular weight excluding hydrogens is 304 g/mol. The zero-order chi connectivity index (χ0) is 17.4. The number of benzene rings is 2. The van der Waals surface area contributed by atoms with E-state index in [2.05, 4.69) is 0 Å². The number of phenolic OH excluding ortho intramolecular Hbond substituents is 4. The molecular formula is C20H26O4. The van der Waals surface area contributed by atoms with Gasteiger partial charge in [0.05, 0.1) is 0 Å². The van der Waals surface area contributed by atoms with Gasteiger partial charge in [-0.3, -0.25) is 0 Å². The summed E-state index contributed by atoms with van der Waals surface area (Å²) in [6, 6.07) is 9.52. The van der Waals surface area contributed by atoms with E-state index in [4.69, 9.17) is 0 Å². The van der Waals surface area contributed by atoms with E-state index >= 15 is 0 Å². The Balaban J connectivity index is 1.55. The van der Waals surface area contributed by atoms with E-state index in [1.165, 1.54) is 12.1 Å². The highest BCUT2D eigenvalue weighted by atomic mass is 16.3. The average Bonchev–Trinajstić information content (AvgIpc) is 2.53. The Bertz CT molecular complexity index is 595. The number of unbranched alkanes of at least 4 members (excludes halogenated alkanes) is 5. The van der Waals surface area contributed by atoms with Crippen molar-refractivity contribution in [2.75, 3.05) is 0 Å². The lowest BCUT2D eigenvalue weighted by Gasteiger charge is -2.06. The lowest BCUT2D eigenvalue weighted by Crippen LogP contribution is -1.89. The summed E-state index contributed by atoms with van der Waals surface area (Å²) < 4.78 is 0. The van der Waals surface area contributed by atoms with Crippen LogP contribution in [0.4, 0.5) is 0 Å². The molecule has 0 atom stereocenters. The number of aryl methyl sites for hydroxylation is 2. The molecule has 0 saturated carbocycles. The third kappa shape index (κ3) is 5.69. The standard InChI is InChI=1S/C20H26O4/c21-17-11-9-15(19(23)13-17)7-5-3-1-2-4-6-8-16-10-12-18(22)14-20(16)24/h9-14,21-24H,1-8H2. The van der Waals surface area contributed by atoms with Crippen LogP contribution in [0.1, 0.15) is 49.7 Å². The number of phenols is 4. The van der Waals surface area contributed by atoms with Crippen molar-refractivity contribution >= 4 is 0 Å². The van der Waals surface area contributed by atoms with E-state index in [0.717, 1.165) is 62.5 Å². The molecule has 4 nitrogen and oxygen atoms in total. The number of hydrogen-bond donors (Lipinski definition) is 4. The second-order valence-corrected chi connectivity index (χ2v) is 6.25. The molecule has 2 aromatic carbocycles. The summed E-state index contributed by atoms with van der Waals surface area (Å²) in [6.45, 7) is 0. The van der Waals surface area contributed by atoms with Crippen LogP contribution < -0.4 is 0 Å². The van der Waals surface area contributed by atoms with Crippen molar-refractivity contribution in [2.24, 2.45) is 0 Å². The van der Waals surface area contributed by atoms with Crippen LogP contribution in [0.3, 0.4) is 0 Å². The van der Waals surface area contributed by atoms with Crippen LogP contribution >= 0.6 is 0 Å². The third-order valence-corrected chi connectivity index (χ3v) is 4.28. The summed E-state index contributed by atoms with van der Waals surface area (Å²) in [7, 11) is 0. The van der Waals surface area contributed by atoms with Gasteiger partial charge >= 0.3 is 0 Å². The molecule has 0 aliphatic rings. The molecule has 130 valence electrons. The van der Waals surface area contributed by atoms with Crippen molar-refractivity contribution in [2.45, 2.75) is 51.4 Å². The van der Waals surface area contributed by atoms with Gasteiger partial charge < -0.3 is 20.4 Å². The zero-order valence-electron chi connectivity index (χ0n) is 13.9. The maximum absolute atomic E-state index is 9.72. The van der Waals surface area contributed by atoms with Crippen molar-refractivity contribution in [1.82, 2.24) is 0 Å². The molecule has 24 heavy (non-hydrogen) atoms. The SMILES string of the molecule is Oc1ccc(CCCCCCCCc2ccc(O)cc2O)c(O)c1. The lowest BCUT2D eigenvalue weighted by atomic mass is 10.0. The average molecular weight is 330 g/mol. The first kappa shape index (κ1) is 18.0. The second kappa shape index (κ2) is 9.06. The minimum absolute atomic E-state index is 0.0934. The summed E-state index contributed by atoms with van der Waals surface area (Å²) >= 11 is 0. The Morgan fingerprint density at radius 2 is 0.875 bits per heavy atom. The molecule has 0 aliphatic heterocycles. The molecule has 0 saturated heterocycles. The molecule has 2 rings (SSSR count). The highest BCUT2D eigenvalue weighted by Gasteiger charge is 2.03. The first-order valence-electron chi connectivity index (χ1n) is 8.58. The van der Waals surface area contributed by atoms with Crippen LogP contribution in [-0.4, -0.2) is 20.4 Å². The Morgan fingerprint density at radius 1 is 0.500 bits per heavy atom. The molecule has 4 heteroatoms. The van der Waals surface area contributed by atoms with Crippen LogP contribution in [0.5, 0.6) is 23.0 Å². The fourth-order valence-electron chi connectivity index (χ4n) is 2.87. The van der Waals surface area contributed by atoms with E-state index in [0.29, 0.717) is 0 Å². The number of hydrogen-bond acceptors (Lipinski definition) is 4. The van der Waals surface area contributed by atoms with Crippen molar-refractivity contribution < 1.29 is 20.4 Å². The van der Waals surface area contributed by atoms with Gasteiger partial charge in [-0.05, 0) is 48.9 Å². The van der Waals surface area contributed by atoms with Crippen molar-refractivity contribution in [1.29, 1.82) is 0 Å². The van der Waals surface area contributed by atoms with Crippen LogP contribution in [-0.2, 0) is 12.8 Å². The molecule has 0 spiro atoms. The van der Waals surface area contributed by atoms with Gasteiger partial charge in [0.2, 0.25) is 0 Å². The van der Waals surface area contributed by atoms with E-state index < -0.39 is 0 Å². The molecule has 0 bridgehead atoms. The number of rotatable bonds is 9. The molecule has 0 radical (unpaired) electrons. The minimum Gasteiger partial charge on any atom is -0.508 e. The first-order valence-corrected chi connectivity index (χ1v) is 8.58. The maximum Gasteiger partial charge on any atom is 0.122 e. The molecule has 0 amide bonds. The van der Waals surface area contributed by atoms with Gasteiger partial charge in [-0.25, -0.2) is 0 Å². The summed E-state index contributed by atoms with van der Waals surface area (Å²) in [5.74, 6) is 0.527. The topological polar surface area (TPSA) is 80.9 Å². The highest BCUT2D eigenvalue weighted by Crippen LogP contribution is 2.25. The summed E-state index contributed by atoms with van der Waals surface area (Å²) in [5.41, 5.74) is 1.77. The Hall–Kier alpha value is -2.36. The maximum atomic E-state index is 9.72. The van der Waals surface area contributed by atoms with E-state index in [1.54, 1.807) is 24.3 Å². The lowest BCUT2D eigenvalue weighted by molar-refractivity contribution is 0.443. The Labute approximate surface area is 143 Å². The van der Waals surface area contributed by atoms with Gasteiger partial charge in [-0.1, -0.05) is 37.8 Å². The minimum atomic E-state index is 0.0934. The van der Waals surface area contributed by atoms with Crippen LogP contribution in [0, 0.1) is 0 Å². The Morgan fingerprint density at radius 3 is 1.25 bits per heavy atom. The van der Waals surface area contributed by atoms with Gasteiger partial charge in [0.1, 0.15) is 23.0 Å². The van der Waals surface area contributed by atoms with Gasteiger partial charge in [0.25, 0.3) is 0 Å². The van der Waals surface area contributed by atoms with Crippen molar-refractivity contribution in [3.05, 3.63) is 47.5 Å². The van der Waals surface area contributed by atoms with Crippen LogP contribution in [0.15, 0.2) is 36.4 Å². The third-order valence-electron chi connectivity index (χ3n) is 4.28. The van der Waals surface area contributed by atoms with Crippen LogP contribution in [0.25, 0.3) is 0 Å². The first-order chi connectivity index (χ1) is 11.6. The molecule has 0 fully saturated rings. The molecule has 0 heterocycles. The van der Waals surface area contributed by atoms with Gasteiger partial charge in [-0.15, -0.1) is 0 Å². The van der Waals surface area contributed by atoms with Gasteiger partial charge in [-0.2, -0.15) is 0 Å². The molecule has 0 aliphatic carbocycles. The number of aromatic hydroxyl groups is 4. The second-order valence-electron chi connectivity index (χ2n) is 6.25. The fourth-order valence-corrected chi connectivity index (χ4v) is 2.87. The van der Waals surface area contributed by atoms with Gasteiger partial charge in [0, 0.05) is 12.1 Å². The summed E-state index contributed by atoms with van der Waals surface area (Å²) in [5, 5.41) is 37.9. The normalized spacial score (nSPS) is 10.8. The monoisotopic (exact) mass is 330 g/mol. The molecule has 0 aromatic heterocycles. The van der Waals surface area contributed by atoms with E-state index in [9.17, 15) is 20.4 Å². The molecule has 4 N–H and O–H groups in total. The smallest absolute Gasteiger partial charge is 0.122 e. The summed E-state index contributed by atoms with van der Waals surface area (Å²) in [4.78, 5) is 0. The van der Waals surface area contributed by atoms with Gasteiger partial charge in [0.15, 0.2) is 0 Å². The largest absolute Gasteiger partial charge is 0.508 e. The predicted octanol–water partition coefficient (Wildman–Crippen LogP) is 4.63. The van der Waals surface area contributed by atoms with Crippen LogP contribution in [0.2, 0.25) is 0 Å².